The summed E-state index contributed by atoms with van der Waals surface area (Å²) in [5.41, 5.74) is 0. The number of hydrogen-bond donors (Lipinski definition) is 4. The first-order chi connectivity index (χ1) is 7.31. The highest BCUT2D eigenvalue weighted by atomic mass is 79.9. The van der Waals surface area contributed by atoms with Crippen molar-refractivity contribution in [3.05, 3.63) is 0 Å². The Morgan fingerprint density at radius 3 is 2.06 bits per heavy atom. The van der Waals surface area contributed by atoms with Crippen LogP contribution in [-0.2, 0) is 14.3 Å². The molecule has 94 valence electrons. The van der Waals surface area contributed by atoms with Gasteiger partial charge < -0.3 is 25.2 Å². The predicted molar refractivity (Wildman–Crippen MR) is 54.6 cm³/mol. The van der Waals surface area contributed by atoms with Crippen LogP contribution in [0, 0.1) is 0 Å². The highest BCUT2D eigenvalue weighted by Crippen LogP contribution is 2.12. The summed E-state index contributed by atoms with van der Waals surface area (Å²) in [5, 5.41) is 36.3. The molecule has 0 fully saturated rings. The van der Waals surface area contributed by atoms with Crippen LogP contribution in [0.2, 0.25) is 0 Å². The van der Waals surface area contributed by atoms with E-state index in [-0.39, 0.29) is 0 Å². The summed E-state index contributed by atoms with van der Waals surface area (Å²) in [5.74, 6) is -0.831. The van der Waals surface area contributed by atoms with E-state index in [0.717, 1.165) is 6.92 Å². The molecule has 0 aliphatic heterocycles. The van der Waals surface area contributed by atoms with Crippen LogP contribution in [0.15, 0.2) is 0 Å². The second-order valence-corrected chi connectivity index (χ2v) is 3.85. The van der Waals surface area contributed by atoms with Gasteiger partial charge >= 0.3 is 5.97 Å². The van der Waals surface area contributed by atoms with Gasteiger partial charge in [0.25, 0.3) is 0 Å². The van der Waals surface area contributed by atoms with Crippen molar-refractivity contribution in [3.63, 3.8) is 0 Å². The van der Waals surface area contributed by atoms with Crippen LogP contribution >= 0.6 is 15.9 Å². The summed E-state index contributed by atoms with van der Waals surface area (Å²) in [6.07, 6.45) is -6.93. The van der Waals surface area contributed by atoms with Crippen LogP contribution in [0.1, 0.15) is 6.92 Å². The van der Waals surface area contributed by atoms with E-state index in [1.54, 1.807) is 0 Å². The van der Waals surface area contributed by atoms with E-state index >= 15 is 0 Å². The molecule has 4 atom stereocenters. The number of hydrogen-bond acceptors (Lipinski definition) is 7. The first kappa shape index (κ1) is 15.5. The van der Waals surface area contributed by atoms with E-state index in [9.17, 15) is 19.8 Å². The summed E-state index contributed by atoms with van der Waals surface area (Å²) >= 11 is 2.48. The molecule has 0 radical (unpaired) electrons. The maximum absolute atomic E-state index is 11.0. The number of carbonyl (C=O) groups excluding carboxylic acids is 2. The molecule has 0 rings (SSSR count). The molecule has 0 aliphatic carbocycles. The zero-order valence-corrected chi connectivity index (χ0v) is 9.99. The van der Waals surface area contributed by atoms with Gasteiger partial charge in [-0.05, 0) is 15.9 Å². The van der Waals surface area contributed by atoms with Gasteiger partial charge in [-0.25, -0.2) is 0 Å². The van der Waals surface area contributed by atoms with Crippen molar-refractivity contribution in [2.24, 2.45) is 0 Å². The quantitative estimate of drug-likeness (QED) is 0.328. The Morgan fingerprint density at radius 1 is 1.25 bits per heavy atom. The summed E-state index contributed by atoms with van der Waals surface area (Å²) in [6.45, 7) is 0.214. The Labute approximate surface area is 99.8 Å². The summed E-state index contributed by atoms with van der Waals surface area (Å²) in [7, 11) is 0. The Hall–Kier alpha value is -0.540. The molecular formula is C8H13BrO7. The third kappa shape index (κ3) is 4.54. The zero-order chi connectivity index (χ0) is 12.9. The molecule has 7 nitrogen and oxygen atoms in total. The van der Waals surface area contributed by atoms with Gasteiger partial charge in [-0.15, -0.1) is 0 Å². The fourth-order valence-corrected chi connectivity index (χ4v) is 1.31. The van der Waals surface area contributed by atoms with Crippen LogP contribution in [0.3, 0.4) is 0 Å². The summed E-state index contributed by atoms with van der Waals surface area (Å²) in [6, 6.07) is 0. The van der Waals surface area contributed by atoms with Gasteiger partial charge in [-0.3, -0.25) is 9.59 Å². The molecule has 4 N–H and O–H groups in total. The second kappa shape index (κ2) is 6.92. The number of ether oxygens (including phenoxy) is 1. The molecule has 0 saturated carbocycles. The van der Waals surface area contributed by atoms with E-state index in [1.165, 1.54) is 0 Å². The van der Waals surface area contributed by atoms with Crippen molar-refractivity contribution in [2.75, 3.05) is 6.61 Å². The monoisotopic (exact) mass is 300 g/mol. The van der Waals surface area contributed by atoms with Gasteiger partial charge in [0, 0.05) is 6.92 Å². The van der Waals surface area contributed by atoms with Crippen molar-refractivity contribution in [2.45, 2.75) is 31.3 Å². The molecule has 0 aromatic heterocycles. The molecule has 0 aromatic rings. The lowest BCUT2D eigenvalue weighted by Crippen LogP contribution is -2.49. The van der Waals surface area contributed by atoms with Gasteiger partial charge in [0.05, 0.1) is 6.61 Å². The number of carbonyl (C=O) groups is 2. The SMILES string of the molecule is CC(=O)O[C@@H](C(=O)Br)[C@@H](O)[C@H](O)[C@H](O)CO. The average Bonchev–Trinajstić information content (AvgIpc) is 2.22. The van der Waals surface area contributed by atoms with Gasteiger partial charge in [-0.1, -0.05) is 0 Å². The molecule has 0 spiro atoms. The van der Waals surface area contributed by atoms with Gasteiger partial charge in [-0.2, -0.15) is 0 Å². The number of esters is 1. The summed E-state index contributed by atoms with van der Waals surface area (Å²) < 4.78 is 3.59. The maximum atomic E-state index is 11.0. The van der Waals surface area contributed by atoms with Crippen LogP contribution in [0.4, 0.5) is 0 Å². The first-order valence-corrected chi connectivity index (χ1v) is 5.12. The normalized spacial score (nSPS) is 18.4. The average molecular weight is 301 g/mol. The van der Waals surface area contributed by atoms with Crippen LogP contribution in [-0.4, -0.2) is 62.1 Å². The van der Waals surface area contributed by atoms with Gasteiger partial charge in [0.1, 0.15) is 18.3 Å². The molecule has 8 heteroatoms. The van der Waals surface area contributed by atoms with Crippen molar-refractivity contribution >= 4 is 26.6 Å². The minimum Gasteiger partial charge on any atom is -0.451 e. The topological polar surface area (TPSA) is 124 Å². The van der Waals surface area contributed by atoms with E-state index in [4.69, 9.17) is 10.2 Å². The van der Waals surface area contributed by atoms with Gasteiger partial charge in [0.2, 0.25) is 4.69 Å². The number of halogens is 1. The molecule has 0 heterocycles. The molecule has 0 aliphatic rings. The minimum absolute atomic E-state index is 0.804. The summed E-state index contributed by atoms with van der Waals surface area (Å²) in [4.78, 5) is 21.6. The van der Waals surface area contributed by atoms with Crippen molar-refractivity contribution in [1.82, 2.24) is 0 Å². The highest BCUT2D eigenvalue weighted by molar-refractivity contribution is 9.18. The predicted octanol–water partition coefficient (Wildman–Crippen LogP) is -2.09. The molecule has 0 saturated heterocycles. The van der Waals surface area contributed by atoms with E-state index in [2.05, 4.69) is 20.7 Å². The van der Waals surface area contributed by atoms with Gasteiger partial charge in [0.15, 0.2) is 6.10 Å². The molecule has 0 bridgehead atoms. The number of aliphatic hydroxyl groups excluding tert-OH is 4. The standard InChI is InChI=1S/C8H13BrO7/c1-3(11)16-7(8(9)15)6(14)5(13)4(12)2-10/h4-7,10,12-14H,2H2,1H3/t4-,5-,6+,7-/m1/s1. The second-order valence-electron chi connectivity index (χ2n) is 3.07. The van der Waals surface area contributed by atoms with Crippen LogP contribution in [0.5, 0.6) is 0 Å². The molecular weight excluding hydrogens is 288 g/mol. The van der Waals surface area contributed by atoms with Crippen LogP contribution in [0.25, 0.3) is 0 Å². The van der Waals surface area contributed by atoms with Crippen LogP contribution < -0.4 is 0 Å². The molecule has 0 amide bonds. The molecule has 0 unspecified atom stereocenters. The number of aliphatic hydroxyl groups is 4. The number of rotatable bonds is 6. The molecule has 0 aromatic carbocycles. The first-order valence-electron chi connectivity index (χ1n) is 4.32. The largest absolute Gasteiger partial charge is 0.451 e. The Bertz CT molecular complexity index is 257. The fraction of sp³-hybridized carbons (Fsp3) is 0.750. The lowest BCUT2D eigenvalue weighted by atomic mass is 10.0. The Morgan fingerprint density at radius 2 is 1.75 bits per heavy atom. The van der Waals surface area contributed by atoms with E-state index in [1.807, 2.05) is 0 Å². The lowest BCUT2D eigenvalue weighted by molar-refractivity contribution is -0.167. The smallest absolute Gasteiger partial charge is 0.303 e. The van der Waals surface area contributed by atoms with Crippen molar-refractivity contribution in [3.8, 4) is 0 Å². The van der Waals surface area contributed by atoms with E-state index < -0.39 is 41.7 Å². The fourth-order valence-electron chi connectivity index (χ4n) is 0.944. The minimum atomic E-state index is -1.84. The Balaban J connectivity index is 4.66. The van der Waals surface area contributed by atoms with Crippen molar-refractivity contribution in [1.29, 1.82) is 0 Å². The third-order valence-electron chi connectivity index (χ3n) is 1.76. The van der Waals surface area contributed by atoms with Crippen molar-refractivity contribution < 1.29 is 34.8 Å². The zero-order valence-electron chi connectivity index (χ0n) is 8.41. The van der Waals surface area contributed by atoms with E-state index in [0.29, 0.717) is 0 Å². The molecule has 16 heavy (non-hydrogen) atoms. The maximum Gasteiger partial charge on any atom is 0.303 e. The third-order valence-corrected chi connectivity index (χ3v) is 2.21. The Kier molecular flexibility index (Phi) is 6.68. The highest BCUT2D eigenvalue weighted by Gasteiger charge is 2.36. The lowest BCUT2D eigenvalue weighted by Gasteiger charge is -2.26.